The van der Waals surface area contributed by atoms with Crippen LogP contribution in [0.2, 0.25) is 0 Å². The molecular formula is C21H30FN3O3. The Morgan fingerprint density at radius 2 is 2.04 bits per heavy atom. The highest BCUT2D eigenvalue weighted by Crippen LogP contribution is 2.20. The molecule has 0 aromatic heterocycles. The molecule has 2 fully saturated rings. The number of carbonyl (C=O) groups is 2. The monoisotopic (exact) mass is 391 g/mol. The number of rotatable bonds is 6. The number of morpholine rings is 1. The van der Waals surface area contributed by atoms with Crippen molar-refractivity contribution in [2.45, 2.75) is 26.3 Å². The highest BCUT2D eigenvalue weighted by atomic mass is 19.1. The summed E-state index contributed by atoms with van der Waals surface area (Å²) in [6.45, 7) is 7.18. The summed E-state index contributed by atoms with van der Waals surface area (Å²) in [6, 6.07) is 6.36. The number of likely N-dealkylation sites (N-methyl/N-ethyl adjacent to an activating group) is 1. The van der Waals surface area contributed by atoms with Crippen molar-refractivity contribution < 1.29 is 18.7 Å². The molecule has 28 heavy (non-hydrogen) atoms. The van der Waals surface area contributed by atoms with Crippen molar-refractivity contribution in [1.82, 2.24) is 14.7 Å². The number of hydrogen-bond donors (Lipinski definition) is 0. The van der Waals surface area contributed by atoms with Crippen LogP contribution in [-0.2, 0) is 20.9 Å². The Kier molecular flexibility index (Phi) is 7.39. The van der Waals surface area contributed by atoms with Gasteiger partial charge in [0.15, 0.2) is 0 Å². The van der Waals surface area contributed by atoms with Crippen molar-refractivity contribution in [3.05, 3.63) is 35.6 Å². The molecule has 2 aliphatic heterocycles. The second-order valence-electron chi connectivity index (χ2n) is 7.55. The van der Waals surface area contributed by atoms with Crippen LogP contribution in [0.5, 0.6) is 0 Å². The number of likely N-dealkylation sites (tertiary alicyclic amines) is 1. The van der Waals surface area contributed by atoms with Crippen molar-refractivity contribution in [3.8, 4) is 0 Å². The van der Waals surface area contributed by atoms with E-state index < -0.39 is 0 Å². The normalized spacial score (nSPS) is 20.8. The Morgan fingerprint density at radius 1 is 1.25 bits per heavy atom. The molecule has 3 rings (SSSR count). The van der Waals surface area contributed by atoms with E-state index in [0.29, 0.717) is 52.5 Å². The summed E-state index contributed by atoms with van der Waals surface area (Å²) in [7, 11) is 0. The number of hydrogen-bond acceptors (Lipinski definition) is 4. The highest BCUT2D eigenvalue weighted by molar-refractivity contribution is 5.80. The molecule has 0 radical (unpaired) electrons. The Hall–Kier alpha value is -1.99. The Balaban J connectivity index is 1.54. The van der Waals surface area contributed by atoms with E-state index in [9.17, 15) is 14.0 Å². The van der Waals surface area contributed by atoms with E-state index in [4.69, 9.17) is 4.74 Å². The van der Waals surface area contributed by atoms with Crippen LogP contribution in [0, 0.1) is 11.7 Å². The number of halogens is 1. The number of carbonyl (C=O) groups excluding carboxylic acids is 2. The van der Waals surface area contributed by atoms with Gasteiger partial charge in [-0.05, 0) is 44.0 Å². The first kappa shape index (κ1) is 20.7. The van der Waals surface area contributed by atoms with Gasteiger partial charge in [0.2, 0.25) is 11.8 Å². The fourth-order valence-electron chi connectivity index (χ4n) is 3.97. The highest BCUT2D eigenvalue weighted by Gasteiger charge is 2.31. The first-order valence-corrected chi connectivity index (χ1v) is 10.2. The van der Waals surface area contributed by atoms with Gasteiger partial charge in [0.1, 0.15) is 5.82 Å². The summed E-state index contributed by atoms with van der Waals surface area (Å²) < 4.78 is 18.7. The van der Waals surface area contributed by atoms with E-state index in [-0.39, 0.29) is 23.5 Å². The molecule has 2 amide bonds. The molecule has 2 aliphatic rings. The van der Waals surface area contributed by atoms with Crippen molar-refractivity contribution >= 4 is 11.8 Å². The summed E-state index contributed by atoms with van der Waals surface area (Å²) in [5.41, 5.74) is 0.786. The fourth-order valence-corrected chi connectivity index (χ4v) is 3.97. The van der Waals surface area contributed by atoms with E-state index in [1.54, 1.807) is 11.0 Å². The molecular weight excluding hydrogens is 361 g/mol. The van der Waals surface area contributed by atoms with Gasteiger partial charge in [0, 0.05) is 32.7 Å². The standard InChI is InChI=1S/C21H30FN3O3/c1-2-24(14-17-5-3-7-19(22)13-17)20(26)16-23-8-4-6-18(15-23)21(27)25-9-11-28-12-10-25/h3,5,7,13,18H,2,4,6,8-12,14-16H2,1H3. The predicted molar refractivity (Wildman–Crippen MR) is 104 cm³/mol. The van der Waals surface area contributed by atoms with Crippen molar-refractivity contribution in [1.29, 1.82) is 0 Å². The average molecular weight is 391 g/mol. The molecule has 1 aromatic rings. The first-order chi connectivity index (χ1) is 13.6. The summed E-state index contributed by atoms with van der Waals surface area (Å²) in [6.07, 6.45) is 1.80. The summed E-state index contributed by atoms with van der Waals surface area (Å²) in [4.78, 5) is 31.3. The lowest BCUT2D eigenvalue weighted by atomic mass is 9.96. The smallest absolute Gasteiger partial charge is 0.237 e. The van der Waals surface area contributed by atoms with Gasteiger partial charge in [-0.1, -0.05) is 12.1 Å². The molecule has 1 unspecified atom stereocenters. The van der Waals surface area contributed by atoms with Crippen LogP contribution in [0.15, 0.2) is 24.3 Å². The zero-order chi connectivity index (χ0) is 19.9. The lowest BCUT2D eigenvalue weighted by Gasteiger charge is -2.36. The van der Waals surface area contributed by atoms with Crippen LogP contribution in [0.25, 0.3) is 0 Å². The molecule has 2 saturated heterocycles. The van der Waals surface area contributed by atoms with Gasteiger partial charge in [-0.2, -0.15) is 0 Å². The van der Waals surface area contributed by atoms with Gasteiger partial charge in [0.25, 0.3) is 0 Å². The zero-order valence-corrected chi connectivity index (χ0v) is 16.6. The van der Waals surface area contributed by atoms with E-state index in [0.717, 1.165) is 24.9 Å². The van der Waals surface area contributed by atoms with Crippen LogP contribution in [-0.4, -0.2) is 79.0 Å². The molecule has 0 saturated carbocycles. The largest absolute Gasteiger partial charge is 0.378 e. The molecule has 1 aromatic carbocycles. The van der Waals surface area contributed by atoms with E-state index in [1.807, 2.05) is 17.9 Å². The summed E-state index contributed by atoms with van der Waals surface area (Å²) in [5.74, 6) is -0.127. The lowest BCUT2D eigenvalue weighted by Crippen LogP contribution is -2.50. The third kappa shape index (κ3) is 5.52. The number of nitrogens with zero attached hydrogens (tertiary/aromatic N) is 3. The molecule has 7 heteroatoms. The van der Waals surface area contributed by atoms with E-state index in [2.05, 4.69) is 4.90 Å². The van der Waals surface area contributed by atoms with Gasteiger partial charge in [-0.25, -0.2) is 4.39 Å². The molecule has 6 nitrogen and oxygen atoms in total. The van der Waals surface area contributed by atoms with E-state index >= 15 is 0 Å². The van der Waals surface area contributed by atoms with Crippen LogP contribution < -0.4 is 0 Å². The van der Waals surface area contributed by atoms with Gasteiger partial charge in [-0.15, -0.1) is 0 Å². The maximum atomic E-state index is 13.4. The number of benzene rings is 1. The minimum absolute atomic E-state index is 0.0197. The Bertz CT molecular complexity index is 679. The SMILES string of the molecule is CCN(Cc1cccc(F)c1)C(=O)CN1CCCC(C(=O)N2CCOCC2)C1. The molecule has 0 aliphatic carbocycles. The molecule has 2 heterocycles. The number of amides is 2. The van der Waals surface area contributed by atoms with Crippen LogP contribution >= 0.6 is 0 Å². The third-order valence-electron chi connectivity index (χ3n) is 5.53. The fraction of sp³-hybridized carbons (Fsp3) is 0.619. The second-order valence-corrected chi connectivity index (χ2v) is 7.55. The van der Waals surface area contributed by atoms with Gasteiger partial charge in [0.05, 0.1) is 25.7 Å². The molecule has 0 N–H and O–H groups in total. The number of ether oxygens (including phenoxy) is 1. The van der Waals surface area contributed by atoms with Crippen LogP contribution in [0.3, 0.4) is 0 Å². The van der Waals surface area contributed by atoms with E-state index in [1.165, 1.54) is 12.1 Å². The maximum absolute atomic E-state index is 13.4. The molecule has 0 spiro atoms. The topological polar surface area (TPSA) is 53.1 Å². The Morgan fingerprint density at radius 3 is 2.75 bits per heavy atom. The van der Waals surface area contributed by atoms with Gasteiger partial charge in [-0.3, -0.25) is 14.5 Å². The van der Waals surface area contributed by atoms with Gasteiger partial charge >= 0.3 is 0 Å². The van der Waals surface area contributed by atoms with Gasteiger partial charge < -0.3 is 14.5 Å². The average Bonchev–Trinajstić information content (AvgIpc) is 2.72. The van der Waals surface area contributed by atoms with Crippen molar-refractivity contribution in [3.63, 3.8) is 0 Å². The predicted octanol–water partition coefficient (Wildman–Crippen LogP) is 1.74. The minimum atomic E-state index is -0.290. The van der Waals surface area contributed by atoms with Crippen molar-refractivity contribution in [2.24, 2.45) is 5.92 Å². The summed E-state index contributed by atoms with van der Waals surface area (Å²) in [5, 5.41) is 0. The molecule has 1 atom stereocenters. The quantitative estimate of drug-likeness (QED) is 0.741. The minimum Gasteiger partial charge on any atom is -0.378 e. The second kappa shape index (κ2) is 9.98. The van der Waals surface area contributed by atoms with Crippen molar-refractivity contribution in [2.75, 3.05) is 52.5 Å². The third-order valence-corrected chi connectivity index (χ3v) is 5.53. The Labute approximate surface area is 166 Å². The summed E-state index contributed by atoms with van der Waals surface area (Å²) >= 11 is 0. The molecule has 154 valence electrons. The lowest BCUT2D eigenvalue weighted by molar-refractivity contribution is -0.143. The maximum Gasteiger partial charge on any atom is 0.237 e. The first-order valence-electron chi connectivity index (χ1n) is 10.2. The van der Waals surface area contributed by atoms with Crippen LogP contribution in [0.1, 0.15) is 25.3 Å². The number of piperidine rings is 1. The van der Waals surface area contributed by atoms with Crippen LogP contribution in [0.4, 0.5) is 4.39 Å². The zero-order valence-electron chi connectivity index (χ0n) is 16.6. The molecule has 0 bridgehead atoms.